The second-order valence-electron chi connectivity index (χ2n) is 14.1. The minimum atomic E-state index is -1.39. The highest BCUT2D eigenvalue weighted by Gasteiger charge is 2.19. The number of esters is 1. The van der Waals surface area contributed by atoms with Crippen molar-refractivity contribution >= 4 is 23.8 Å². The van der Waals surface area contributed by atoms with Crippen molar-refractivity contribution in [3.05, 3.63) is 72.9 Å². The summed E-state index contributed by atoms with van der Waals surface area (Å²) in [6.45, 7) is 3.32. The summed E-state index contributed by atoms with van der Waals surface area (Å²) in [7, 11) is 0. The van der Waals surface area contributed by atoms with Gasteiger partial charge in [-0.15, -0.1) is 0 Å². The summed E-state index contributed by atoms with van der Waals surface area (Å²) in [6.07, 6.45) is 49.4. The summed E-state index contributed by atoms with van der Waals surface area (Å²) in [5, 5.41) is 22.5. The lowest BCUT2D eigenvalue weighted by Gasteiger charge is -2.18. The summed E-state index contributed by atoms with van der Waals surface area (Å²) >= 11 is 0. The maximum Gasteiger partial charge on any atom is 0.328 e. The first-order chi connectivity index (χ1) is 26.8. The Morgan fingerprint density at radius 1 is 0.564 bits per heavy atom. The van der Waals surface area contributed by atoms with E-state index in [1.54, 1.807) is 0 Å². The predicted octanol–water partition coefficient (Wildman–Crippen LogP) is 10.3. The van der Waals surface area contributed by atoms with Crippen LogP contribution in [0, 0.1) is 0 Å². The van der Waals surface area contributed by atoms with E-state index in [4.69, 9.17) is 14.9 Å². The van der Waals surface area contributed by atoms with Crippen LogP contribution in [0.15, 0.2) is 72.9 Å². The number of aliphatic hydroxyl groups is 1. The Morgan fingerprint density at radius 2 is 1.04 bits per heavy atom. The maximum atomic E-state index is 12.7. The van der Waals surface area contributed by atoms with Gasteiger partial charge in [-0.1, -0.05) is 138 Å². The van der Waals surface area contributed by atoms with Gasteiger partial charge < -0.3 is 25.6 Å². The van der Waals surface area contributed by atoms with Crippen molar-refractivity contribution in [1.82, 2.24) is 10.6 Å². The molecule has 55 heavy (non-hydrogen) atoms. The number of ether oxygens (including phenoxy) is 1. The predicted molar refractivity (Wildman–Crippen MR) is 227 cm³/mol. The largest absolute Gasteiger partial charge is 0.480 e. The molecular formula is C46H76N2O7. The van der Waals surface area contributed by atoms with E-state index in [0.717, 1.165) is 103 Å². The van der Waals surface area contributed by atoms with Crippen LogP contribution in [-0.4, -0.2) is 59.3 Å². The molecule has 0 saturated carbocycles. The van der Waals surface area contributed by atoms with Crippen molar-refractivity contribution in [2.24, 2.45) is 0 Å². The zero-order valence-corrected chi connectivity index (χ0v) is 34.4. The van der Waals surface area contributed by atoms with Crippen LogP contribution >= 0.6 is 0 Å². The number of aliphatic hydroxyl groups excluding tert-OH is 1. The molecule has 0 radical (unpaired) electrons. The zero-order chi connectivity index (χ0) is 40.5. The number of amides is 2. The Bertz CT molecular complexity index is 1150. The van der Waals surface area contributed by atoms with Crippen LogP contribution in [-0.2, 0) is 23.9 Å². The Labute approximate surface area is 333 Å². The quantitative estimate of drug-likeness (QED) is 0.0280. The van der Waals surface area contributed by atoms with Gasteiger partial charge in [-0.05, 0) is 89.9 Å². The highest BCUT2D eigenvalue weighted by atomic mass is 16.5. The summed E-state index contributed by atoms with van der Waals surface area (Å²) in [4.78, 5) is 47.4. The zero-order valence-electron chi connectivity index (χ0n) is 34.4. The second kappa shape index (κ2) is 40.0. The van der Waals surface area contributed by atoms with Crippen LogP contribution in [0.3, 0.4) is 0 Å². The van der Waals surface area contributed by atoms with Gasteiger partial charge in [0.25, 0.3) is 0 Å². The third-order valence-corrected chi connectivity index (χ3v) is 8.97. The molecule has 0 aliphatic heterocycles. The number of unbranched alkanes of at least 4 members (excludes halogenated alkanes) is 11. The van der Waals surface area contributed by atoms with Crippen LogP contribution in [0.2, 0.25) is 0 Å². The van der Waals surface area contributed by atoms with Crippen molar-refractivity contribution in [2.75, 3.05) is 13.2 Å². The van der Waals surface area contributed by atoms with Gasteiger partial charge in [0.2, 0.25) is 11.8 Å². The average molecular weight is 769 g/mol. The molecule has 4 N–H and O–H groups in total. The number of carbonyl (C=O) groups excluding carboxylic acids is 3. The smallest absolute Gasteiger partial charge is 0.328 e. The number of carbonyl (C=O) groups is 4. The molecule has 0 saturated heterocycles. The highest BCUT2D eigenvalue weighted by molar-refractivity contribution is 5.87. The van der Waals surface area contributed by atoms with Crippen molar-refractivity contribution < 1.29 is 34.1 Å². The number of carboxylic acids is 1. The molecule has 0 aromatic heterocycles. The molecule has 0 aromatic carbocycles. The molecule has 0 spiro atoms. The van der Waals surface area contributed by atoms with Gasteiger partial charge in [-0.25, -0.2) is 4.79 Å². The Kier molecular flexibility index (Phi) is 37.3. The van der Waals surface area contributed by atoms with Crippen LogP contribution in [0.4, 0.5) is 0 Å². The molecule has 9 heteroatoms. The SMILES string of the molecule is CC/C=C\C/C=C\C/C=C\C/C=C\C/C=C\C/C=C\CCCCC(=O)OC(CCCCCCCC)CCCCCCCC(=O)NCC(=O)NC(CO)C(=O)O. The highest BCUT2D eigenvalue weighted by Crippen LogP contribution is 2.18. The first kappa shape index (κ1) is 51.3. The molecule has 0 heterocycles. The van der Waals surface area contributed by atoms with Crippen LogP contribution in [0.25, 0.3) is 0 Å². The Hall–Kier alpha value is -3.72. The second-order valence-corrected chi connectivity index (χ2v) is 14.1. The van der Waals surface area contributed by atoms with Gasteiger partial charge in [-0.3, -0.25) is 14.4 Å². The van der Waals surface area contributed by atoms with Gasteiger partial charge in [-0.2, -0.15) is 0 Å². The molecule has 9 nitrogen and oxygen atoms in total. The number of nitrogens with one attached hydrogen (secondary N) is 2. The molecule has 0 rings (SSSR count). The van der Waals surface area contributed by atoms with Crippen molar-refractivity contribution in [3.63, 3.8) is 0 Å². The molecule has 0 fully saturated rings. The van der Waals surface area contributed by atoms with E-state index in [9.17, 15) is 19.2 Å². The van der Waals surface area contributed by atoms with E-state index in [1.807, 2.05) is 0 Å². The van der Waals surface area contributed by atoms with E-state index in [2.05, 4.69) is 97.4 Å². The number of hydrogen-bond acceptors (Lipinski definition) is 6. The molecule has 2 amide bonds. The van der Waals surface area contributed by atoms with Gasteiger partial charge in [0, 0.05) is 12.8 Å². The van der Waals surface area contributed by atoms with Crippen LogP contribution in [0.5, 0.6) is 0 Å². The maximum absolute atomic E-state index is 12.7. The van der Waals surface area contributed by atoms with Crippen LogP contribution in [0.1, 0.15) is 168 Å². The van der Waals surface area contributed by atoms with Crippen molar-refractivity contribution in [3.8, 4) is 0 Å². The summed E-state index contributed by atoms with van der Waals surface area (Å²) in [6, 6.07) is -1.39. The Balaban J connectivity index is 4.20. The van der Waals surface area contributed by atoms with Crippen molar-refractivity contribution in [1.29, 1.82) is 0 Å². The first-order valence-corrected chi connectivity index (χ1v) is 21.3. The lowest BCUT2D eigenvalue weighted by molar-refractivity contribution is -0.150. The topological polar surface area (TPSA) is 142 Å². The van der Waals surface area contributed by atoms with Crippen LogP contribution < -0.4 is 10.6 Å². The Morgan fingerprint density at radius 3 is 1.55 bits per heavy atom. The average Bonchev–Trinajstić information content (AvgIpc) is 3.17. The number of rotatable bonds is 37. The lowest BCUT2D eigenvalue weighted by atomic mass is 10.0. The minimum Gasteiger partial charge on any atom is -0.480 e. The van der Waals surface area contributed by atoms with Gasteiger partial charge in [0.1, 0.15) is 12.1 Å². The molecular weight excluding hydrogens is 693 g/mol. The molecule has 0 aromatic rings. The molecule has 0 aliphatic carbocycles. The van der Waals surface area contributed by atoms with Gasteiger partial charge >= 0.3 is 11.9 Å². The number of allylic oxidation sites excluding steroid dienone is 12. The molecule has 312 valence electrons. The lowest BCUT2D eigenvalue weighted by Crippen LogP contribution is -2.47. The number of hydrogen-bond donors (Lipinski definition) is 4. The fourth-order valence-corrected chi connectivity index (χ4v) is 5.72. The van der Waals surface area contributed by atoms with E-state index >= 15 is 0 Å². The standard InChI is InChI=1S/C46H76N2O7/c1-3-5-7-9-11-12-13-14-15-16-17-18-19-20-21-22-23-24-25-30-34-38-45(52)55-41(35-31-27-10-8-6-4-2)36-32-28-26-29-33-37-43(50)47-39-44(51)48-42(40-49)46(53)54/h5,7,11-12,14-15,17-18,20-21,23-24,41-42,49H,3-4,6,8-10,13,16,19,22,25-40H2,1-2H3,(H,47,50)(H,48,51)(H,53,54)/b7-5-,12-11-,15-14-,18-17-,21-20-,24-23-. The number of carboxylic acid groups (broad SMARTS) is 1. The van der Waals surface area contributed by atoms with E-state index in [1.165, 1.54) is 32.1 Å². The van der Waals surface area contributed by atoms with Gasteiger partial charge in [0.15, 0.2) is 0 Å². The fourth-order valence-electron chi connectivity index (χ4n) is 5.72. The fraction of sp³-hybridized carbons (Fsp3) is 0.652. The molecule has 0 aliphatic rings. The monoisotopic (exact) mass is 769 g/mol. The van der Waals surface area contributed by atoms with Gasteiger partial charge in [0.05, 0.1) is 13.2 Å². The number of aliphatic carboxylic acids is 1. The van der Waals surface area contributed by atoms with E-state index in [-0.39, 0.29) is 30.9 Å². The third-order valence-electron chi connectivity index (χ3n) is 8.97. The molecule has 2 atom stereocenters. The molecule has 0 bridgehead atoms. The van der Waals surface area contributed by atoms with E-state index < -0.39 is 24.5 Å². The summed E-state index contributed by atoms with van der Waals surface area (Å²) < 4.78 is 5.96. The molecule has 2 unspecified atom stereocenters. The summed E-state index contributed by atoms with van der Waals surface area (Å²) in [5.41, 5.74) is 0. The minimum absolute atomic E-state index is 0.0366. The third kappa shape index (κ3) is 37.0. The first-order valence-electron chi connectivity index (χ1n) is 21.3. The normalized spacial score (nSPS) is 13.2. The van der Waals surface area contributed by atoms with Crippen molar-refractivity contribution in [2.45, 2.75) is 180 Å². The summed E-state index contributed by atoms with van der Waals surface area (Å²) in [5.74, 6) is -2.35. The van der Waals surface area contributed by atoms with E-state index in [0.29, 0.717) is 12.8 Å².